The highest BCUT2D eigenvalue weighted by molar-refractivity contribution is 5.90. The Labute approximate surface area is 186 Å². The van der Waals surface area contributed by atoms with Gasteiger partial charge in [0.25, 0.3) is 0 Å². The number of carbonyl (C=O) groups is 1. The molecule has 0 fully saturated rings. The van der Waals surface area contributed by atoms with E-state index in [1.54, 1.807) is 30.5 Å². The highest BCUT2D eigenvalue weighted by Gasteiger charge is 2.27. The van der Waals surface area contributed by atoms with E-state index in [0.717, 1.165) is 33.5 Å². The number of esters is 1. The third-order valence-corrected chi connectivity index (χ3v) is 5.42. The van der Waals surface area contributed by atoms with Gasteiger partial charge in [0.15, 0.2) is 0 Å². The number of anilines is 1. The molecule has 164 valence electrons. The summed E-state index contributed by atoms with van der Waals surface area (Å²) in [6.07, 6.45) is 3.69. The lowest BCUT2D eigenvalue weighted by Crippen LogP contribution is -2.32. The molecule has 3 aromatic rings. The van der Waals surface area contributed by atoms with Crippen molar-refractivity contribution in [1.29, 1.82) is 0 Å². The minimum Gasteiger partial charge on any atom is -0.496 e. The molecule has 0 saturated carbocycles. The van der Waals surface area contributed by atoms with Gasteiger partial charge in [-0.15, -0.1) is 0 Å². The molecule has 5 nitrogen and oxygen atoms in total. The van der Waals surface area contributed by atoms with E-state index in [1.807, 2.05) is 19.1 Å². The zero-order valence-electron chi connectivity index (χ0n) is 18.5. The fraction of sp³-hybridized carbons (Fsp3) is 0.231. The predicted molar refractivity (Wildman–Crippen MR) is 123 cm³/mol. The summed E-state index contributed by atoms with van der Waals surface area (Å²) in [4.78, 5) is 16.7. The van der Waals surface area contributed by atoms with Gasteiger partial charge >= 0.3 is 5.97 Å². The Morgan fingerprint density at radius 2 is 1.91 bits per heavy atom. The topological polar surface area (TPSA) is 60.5 Å². The van der Waals surface area contributed by atoms with Crippen molar-refractivity contribution in [2.75, 3.05) is 12.4 Å². The van der Waals surface area contributed by atoms with Crippen molar-refractivity contribution < 1.29 is 18.7 Å². The fourth-order valence-electron chi connectivity index (χ4n) is 4.18. The van der Waals surface area contributed by atoms with Crippen molar-refractivity contribution in [2.24, 2.45) is 0 Å². The van der Waals surface area contributed by atoms with Crippen LogP contribution in [0, 0.1) is 5.82 Å². The van der Waals surface area contributed by atoms with Gasteiger partial charge in [0, 0.05) is 34.6 Å². The Balaban J connectivity index is 1.83. The van der Waals surface area contributed by atoms with Crippen LogP contribution in [0.4, 0.5) is 10.1 Å². The minimum absolute atomic E-state index is 0.0295. The first kappa shape index (κ1) is 21.6. The van der Waals surface area contributed by atoms with Crippen molar-refractivity contribution in [2.45, 2.75) is 32.9 Å². The second kappa shape index (κ2) is 8.46. The van der Waals surface area contributed by atoms with Crippen molar-refractivity contribution in [3.05, 3.63) is 83.4 Å². The Morgan fingerprint density at radius 1 is 1.12 bits per heavy atom. The number of methoxy groups -OCH3 is 1. The number of carbonyl (C=O) groups excluding carboxylic acids is 1. The van der Waals surface area contributed by atoms with E-state index < -0.39 is 5.97 Å². The van der Waals surface area contributed by atoms with Gasteiger partial charge < -0.3 is 14.8 Å². The number of aromatic nitrogens is 1. The highest BCUT2D eigenvalue weighted by atomic mass is 19.1. The maximum absolute atomic E-state index is 13.8. The zero-order valence-corrected chi connectivity index (χ0v) is 18.5. The molecule has 4 rings (SSSR count). The van der Waals surface area contributed by atoms with Crippen LogP contribution in [0.15, 0.2) is 60.8 Å². The number of benzene rings is 2. The number of nitrogens with zero attached hydrogens (tertiary/aromatic N) is 1. The number of pyridine rings is 1. The molecule has 0 saturated heterocycles. The third-order valence-electron chi connectivity index (χ3n) is 5.42. The first-order valence-electron chi connectivity index (χ1n) is 10.3. The molecule has 32 heavy (non-hydrogen) atoms. The van der Waals surface area contributed by atoms with Gasteiger partial charge in [0.1, 0.15) is 23.9 Å². The van der Waals surface area contributed by atoms with Crippen molar-refractivity contribution in [1.82, 2.24) is 4.98 Å². The van der Waals surface area contributed by atoms with Crippen molar-refractivity contribution >= 4 is 17.2 Å². The lowest BCUT2D eigenvalue weighted by atomic mass is 9.85. The van der Waals surface area contributed by atoms with E-state index >= 15 is 0 Å². The fourth-order valence-corrected chi connectivity index (χ4v) is 4.18. The molecule has 0 atom stereocenters. The van der Waals surface area contributed by atoms with Crippen LogP contribution in [0.25, 0.3) is 16.7 Å². The molecule has 1 aromatic heterocycles. The van der Waals surface area contributed by atoms with Gasteiger partial charge in [-0.3, -0.25) is 0 Å². The summed E-state index contributed by atoms with van der Waals surface area (Å²) < 4.78 is 25.0. The van der Waals surface area contributed by atoms with E-state index in [9.17, 15) is 9.18 Å². The molecule has 1 N–H and O–H groups in total. The van der Waals surface area contributed by atoms with Crippen LogP contribution in [0.5, 0.6) is 5.75 Å². The smallest absolute Gasteiger partial charge is 0.357 e. The lowest BCUT2D eigenvalue weighted by Gasteiger charge is -2.33. The van der Waals surface area contributed by atoms with Crippen LogP contribution in [-0.4, -0.2) is 23.6 Å². The molecule has 0 unspecified atom stereocenters. The molecule has 0 amide bonds. The average Bonchev–Trinajstić information content (AvgIpc) is 2.77. The highest BCUT2D eigenvalue weighted by Crippen LogP contribution is 2.42. The summed E-state index contributed by atoms with van der Waals surface area (Å²) in [5.41, 5.74) is 5.34. The molecule has 0 bridgehead atoms. The zero-order chi connectivity index (χ0) is 22.9. The number of rotatable bonds is 5. The van der Waals surface area contributed by atoms with Crippen LogP contribution >= 0.6 is 0 Å². The van der Waals surface area contributed by atoms with Gasteiger partial charge in [-0.2, -0.15) is 0 Å². The second-order valence-electron chi connectivity index (χ2n) is 8.32. The van der Waals surface area contributed by atoms with Gasteiger partial charge in [0.05, 0.1) is 12.6 Å². The van der Waals surface area contributed by atoms with Crippen LogP contribution in [-0.2, 0) is 11.3 Å². The molecule has 1 aliphatic rings. The quantitative estimate of drug-likeness (QED) is 0.512. The number of allylic oxidation sites excluding steroid dienone is 1. The number of fused-ring (bicyclic) bond motifs is 1. The molecule has 2 aromatic carbocycles. The van der Waals surface area contributed by atoms with E-state index in [4.69, 9.17) is 9.47 Å². The molecular formula is C26H25FN2O3. The first-order chi connectivity index (χ1) is 15.3. The summed E-state index contributed by atoms with van der Waals surface area (Å²) in [5, 5.41) is 3.52. The molecule has 2 heterocycles. The van der Waals surface area contributed by atoms with E-state index in [2.05, 4.69) is 30.2 Å². The standard InChI is InChI=1S/C26H25FN2O3/c1-16-14-26(2,3)29-21-11-10-18(19-9-8-17(27)13-23(19)31-4)20(24(16)21)15-32-25(30)22-7-5-6-12-28-22/h5-14,29H,15H2,1-4H3. The Hall–Kier alpha value is -3.67. The van der Waals surface area contributed by atoms with Crippen LogP contribution in [0.1, 0.15) is 42.4 Å². The van der Waals surface area contributed by atoms with Crippen molar-refractivity contribution in [3.63, 3.8) is 0 Å². The van der Waals surface area contributed by atoms with E-state index in [1.165, 1.54) is 19.2 Å². The summed E-state index contributed by atoms with van der Waals surface area (Å²) >= 11 is 0. The molecule has 0 radical (unpaired) electrons. The maximum Gasteiger partial charge on any atom is 0.357 e. The molecule has 6 heteroatoms. The van der Waals surface area contributed by atoms with Gasteiger partial charge in [-0.05, 0) is 62.2 Å². The number of hydrogen-bond donors (Lipinski definition) is 1. The van der Waals surface area contributed by atoms with E-state index in [-0.39, 0.29) is 23.7 Å². The summed E-state index contributed by atoms with van der Waals surface area (Å²) in [6, 6.07) is 13.5. The van der Waals surface area contributed by atoms with Crippen LogP contribution < -0.4 is 10.1 Å². The van der Waals surface area contributed by atoms with E-state index in [0.29, 0.717) is 5.75 Å². The minimum atomic E-state index is -0.508. The number of nitrogens with one attached hydrogen (secondary N) is 1. The average molecular weight is 432 g/mol. The molecule has 0 aliphatic carbocycles. The summed E-state index contributed by atoms with van der Waals surface area (Å²) in [7, 11) is 1.51. The molecular weight excluding hydrogens is 407 g/mol. The third kappa shape index (κ3) is 4.21. The predicted octanol–water partition coefficient (Wildman–Crippen LogP) is 5.86. The SMILES string of the molecule is COc1cc(F)ccc1-c1ccc2c(c1COC(=O)c1ccccn1)C(C)=CC(C)(C)N2. The van der Waals surface area contributed by atoms with Gasteiger partial charge in [-0.1, -0.05) is 18.2 Å². The Bertz CT molecular complexity index is 1200. The lowest BCUT2D eigenvalue weighted by molar-refractivity contribution is 0.0466. The second-order valence-corrected chi connectivity index (χ2v) is 8.32. The largest absolute Gasteiger partial charge is 0.496 e. The number of ether oxygens (including phenoxy) is 2. The van der Waals surface area contributed by atoms with Crippen molar-refractivity contribution in [3.8, 4) is 16.9 Å². The Morgan fingerprint density at radius 3 is 2.62 bits per heavy atom. The van der Waals surface area contributed by atoms with Gasteiger partial charge in [0.2, 0.25) is 0 Å². The number of hydrogen-bond acceptors (Lipinski definition) is 5. The van der Waals surface area contributed by atoms with Gasteiger partial charge in [-0.25, -0.2) is 14.2 Å². The maximum atomic E-state index is 13.8. The number of halogens is 1. The summed E-state index contributed by atoms with van der Waals surface area (Å²) in [6.45, 7) is 6.26. The molecule has 1 aliphatic heterocycles. The normalized spacial score (nSPS) is 14.1. The monoisotopic (exact) mass is 432 g/mol. The summed E-state index contributed by atoms with van der Waals surface area (Å²) in [5.74, 6) is -0.481. The van der Waals surface area contributed by atoms with Crippen LogP contribution in [0.3, 0.4) is 0 Å². The Kier molecular flexibility index (Phi) is 5.70. The molecule has 0 spiro atoms. The first-order valence-corrected chi connectivity index (χ1v) is 10.3. The van der Waals surface area contributed by atoms with Crippen LogP contribution in [0.2, 0.25) is 0 Å².